The van der Waals surface area contributed by atoms with Crippen molar-refractivity contribution in [1.29, 1.82) is 0 Å². The first-order chi connectivity index (χ1) is 10.7. The van der Waals surface area contributed by atoms with Crippen LogP contribution in [0.25, 0.3) is 0 Å². The Kier molecular flexibility index (Phi) is 7.63. The second-order valence-electron chi connectivity index (χ2n) is 5.64. The molecule has 0 unspecified atom stereocenters. The molecule has 0 saturated carbocycles. The van der Waals surface area contributed by atoms with E-state index in [4.69, 9.17) is 5.73 Å². The first-order valence-electron chi connectivity index (χ1n) is 8.12. The Morgan fingerprint density at radius 3 is 2.73 bits per heavy atom. The third-order valence-corrected chi connectivity index (χ3v) is 5.91. The van der Waals surface area contributed by atoms with Crippen LogP contribution in [-0.2, 0) is 0 Å². The van der Waals surface area contributed by atoms with E-state index < -0.39 is 0 Å². The number of piperidine rings is 1. The molecule has 5 heteroatoms. The summed E-state index contributed by atoms with van der Waals surface area (Å²) in [6.45, 7) is 5.54. The summed E-state index contributed by atoms with van der Waals surface area (Å²) in [5.74, 6) is 1.89. The Balaban J connectivity index is 1.87. The van der Waals surface area contributed by atoms with Crippen LogP contribution in [0.2, 0.25) is 0 Å². The molecule has 122 valence electrons. The molecular weight excluding hydrogens is 312 g/mol. The van der Waals surface area contributed by atoms with Crippen LogP contribution in [-0.4, -0.2) is 41.2 Å². The summed E-state index contributed by atoms with van der Waals surface area (Å²) in [5, 5.41) is 0.176. The van der Waals surface area contributed by atoms with Gasteiger partial charge in [0.25, 0.3) is 0 Å². The van der Waals surface area contributed by atoms with Gasteiger partial charge in [0.05, 0.1) is 0 Å². The van der Waals surface area contributed by atoms with Gasteiger partial charge in [0.15, 0.2) is 0 Å². The number of anilines is 1. The molecule has 0 amide bonds. The van der Waals surface area contributed by atoms with Gasteiger partial charge in [-0.15, -0.1) is 11.8 Å². The van der Waals surface area contributed by atoms with Crippen molar-refractivity contribution in [2.45, 2.75) is 37.5 Å². The van der Waals surface area contributed by atoms with E-state index in [-0.39, 0.29) is 5.12 Å². The van der Waals surface area contributed by atoms with E-state index in [1.54, 1.807) is 11.8 Å². The molecule has 0 aromatic heterocycles. The van der Waals surface area contributed by atoms with E-state index in [9.17, 15) is 4.79 Å². The van der Waals surface area contributed by atoms with Gasteiger partial charge in [-0.3, -0.25) is 4.79 Å². The van der Waals surface area contributed by atoms with Crippen molar-refractivity contribution in [2.75, 3.05) is 36.9 Å². The summed E-state index contributed by atoms with van der Waals surface area (Å²) < 4.78 is 0. The maximum Gasteiger partial charge on any atom is 0.220 e. The number of hydrogen-bond acceptors (Lipinski definition) is 5. The van der Waals surface area contributed by atoms with Crippen LogP contribution >= 0.6 is 23.5 Å². The van der Waals surface area contributed by atoms with Crippen LogP contribution in [0.3, 0.4) is 0 Å². The van der Waals surface area contributed by atoms with Crippen molar-refractivity contribution in [3.8, 4) is 0 Å². The number of thioether (sulfide) groups is 2. The normalized spacial score (nSPS) is 15.9. The number of benzene rings is 1. The zero-order valence-electron chi connectivity index (χ0n) is 13.3. The number of nitrogens with zero attached hydrogens (tertiary/aromatic N) is 1. The molecule has 1 fully saturated rings. The van der Waals surface area contributed by atoms with Gasteiger partial charge in [-0.05, 0) is 56.3 Å². The first kappa shape index (κ1) is 17.7. The molecule has 1 aliphatic heterocycles. The summed E-state index contributed by atoms with van der Waals surface area (Å²) in [4.78, 5) is 16.0. The van der Waals surface area contributed by atoms with Crippen LogP contribution < -0.4 is 5.73 Å². The summed E-state index contributed by atoms with van der Waals surface area (Å²) in [5.41, 5.74) is 7.40. The molecule has 2 rings (SSSR count). The lowest BCUT2D eigenvalue weighted by Crippen LogP contribution is -2.31. The SMILES string of the molecule is CCCSc1cc(N)ccc1C(=O)SCCN1CCCCC1. The highest BCUT2D eigenvalue weighted by Gasteiger charge is 2.14. The number of carbonyl (C=O) groups is 1. The molecule has 1 heterocycles. The van der Waals surface area contributed by atoms with Crippen molar-refractivity contribution in [2.24, 2.45) is 0 Å². The molecule has 0 bridgehead atoms. The van der Waals surface area contributed by atoms with Crippen LogP contribution in [0.5, 0.6) is 0 Å². The van der Waals surface area contributed by atoms with Crippen LogP contribution in [0.1, 0.15) is 43.0 Å². The number of nitrogens with two attached hydrogens (primary N) is 1. The standard InChI is InChI=1S/C17H26N2OS2/c1-2-11-21-16-13-14(18)6-7-15(16)17(20)22-12-10-19-8-4-3-5-9-19/h6-7,13H,2-5,8-12,18H2,1H3. The lowest BCUT2D eigenvalue weighted by molar-refractivity contribution is 0.108. The van der Waals surface area contributed by atoms with E-state index in [0.717, 1.165) is 40.6 Å². The van der Waals surface area contributed by atoms with E-state index in [2.05, 4.69) is 11.8 Å². The predicted molar refractivity (Wildman–Crippen MR) is 98.9 cm³/mol. The molecule has 0 aliphatic carbocycles. The van der Waals surface area contributed by atoms with Crippen molar-refractivity contribution in [3.63, 3.8) is 0 Å². The van der Waals surface area contributed by atoms with Gasteiger partial charge in [0, 0.05) is 28.4 Å². The van der Waals surface area contributed by atoms with Gasteiger partial charge < -0.3 is 10.6 Å². The summed E-state index contributed by atoms with van der Waals surface area (Å²) in [6, 6.07) is 5.64. The molecule has 1 aliphatic rings. The fourth-order valence-corrected chi connectivity index (χ4v) is 4.46. The summed E-state index contributed by atoms with van der Waals surface area (Å²) in [6.07, 6.45) is 5.05. The lowest BCUT2D eigenvalue weighted by Gasteiger charge is -2.25. The summed E-state index contributed by atoms with van der Waals surface area (Å²) in [7, 11) is 0. The average Bonchev–Trinajstić information content (AvgIpc) is 2.54. The predicted octanol–water partition coefficient (Wildman–Crippen LogP) is 4.13. The van der Waals surface area contributed by atoms with Gasteiger partial charge in [-0.2, -0.15) is 0 Å². The van der Waals surface area contributed by atoms with E-state index in [1.807, 2.05) is 18.2 Å². The lowest BCUT2D eigenvalue weighted by atomic mass is 10.1. The third-order valence-electron chi connectivity index (χ3n) is 3.78. The molecule has 1 aromatic rings. The van der Waals surface area contributed by atoms with Gasteiger partial charge in [0.1, 0.15) is 0 Å². The van der Waals surface area contributed by atoms with Crippen molar-refractivity contribution in [1.82, 2.24) is 4.90 Å². The molecule has 1 saturated heterocycles. The van der Waals surface area contributed by atoms with E-state index in [0.29, 0.717) is 0 Å². The Labute approximate surface area is 142 Å². The van der Waals surface area contributed by atoms with Crippen LogP contribution in [0, 0.1) is 0 Å². The average molecular weight is 339 g/mol. The monoisotopic (exact) mass is 338 g/mol. The quantitative estimate of drug-likeness (QED) is 0.598. The number of rotatable bonds is 7. The Morgan fingerprint density at radius 1 is 1.23 bits per heavy atom. The molecular formula is C17H26N2OS2. The molecule has 3 nitrogen and oxygen atoms in total. The van der Waals surface area contributed by atoms with Crippen molar-refractivity contribution < 1.29 is 4.79 Å². The van der Waals surface area contributed by atoms with Gasteiger partial charge in [0.2, 0.25) is 5.12 Å². The number of carbonyl (C=O) groups excluding carboxylic acids is 1. The Morgan fingerprint density at radius 2 is 2.00 bits per heavy atom. The van der Waals surface area contributed by atoms with E-state index >= 15 is 0 Å². The van der Waals surface area contributed by atoms with Crippen molar-refractivity contribution >= 4 is 34.3 Å². The zero-order chi connectivity index (χ0) is 15.8. The second kappa shape index (κ2) is 9.48. The highest BCUT2D eigenvalue weighted by atomic mass is 32.2. The summed E-state index contributed by atoms with van der Waals surface area (Å²) >= 11 is 3.17. The first-order valence-corrected chi connectivity index (χ1v) is 10.1. The minimum atomic E-state index is 0.176. The maximum atomic E-state index is 12.5. The minimum absolute atomic E-state index is 0.176. The fourth-order valence-electron chi connectivity index (χ4n) is 2.57. The molecule has 0 spiro atoms. The fraction of sp³-hybridized carbons (Fsp3) is 0.588. The van der Waals surface area contributed by atoms with Gasteiger partial charge in [-0.25, -0.2) is 0 Å². The Bertz CT molecular complexity index is 488. The van der Waals surface area contributed by atoms with Gasteiger partial charge >= 0.3 is 0 Å². The second-order valence-corrected chi connectivity index (χ2v) is 7.85. The highest BCUT2D eigenvalue weighted by Crippen LogP contribution is 2.28. The smallest absolute Gasteiger partial charge is 0.220 e. The molecule has 1 aromatic carbocycles. The van der Waals surface area contributed by atoms with Crippen LogP contribution in [0.4, 0.5) is 5.69 Å². The third kappa shape index (κ3) is 5.52. The van der Waals surface area contributed by atoms with Crippen molar-refractivity contribution in [3.05, 3.63) is 23.8 Å². The maximum absolute atomic E-state index is 12.5. The largest absolute Gasteiger partial charge is 0.399 e. The zero-order valence-corrected chi connectivity index (χ0v) is 15.0. The number of hydrogen-bond donors (Lipinski definition) is 1. The number of nitrogen functional groups attached to an aromatic ring is 1. The number of likely N-dealkylation sites (tertiary alicyclic amines) is 1. The molecule has 22 heavy (non-hydrogen) atoms. The van der Waals surface area contributed by atoms with Gasteiger partial charge in [-0.1, -0.05) is 25.1 Å². The van der Waals surface area contributed by atoms with Crippen LogP contribution in [0.15, 0.2) is 23.1 Å². The molecule has 0 radical (unpaired) electrons. The minimum Gasteiger partial charge on any atom is -0.399 e. The highest BCUT2D eigenvalue weighted by molar-refractivity contribution is 8.14. The molecule has 2 N–H and O–H groups in total. The Hall–Kier alpha value is -0.650. The topological polar surface area (TPSA) is 46.3 Å². The molecule has 0 atom stereocenters. The van der Waals surface area contributed by atoms with E-state index in [1.165, 1.54) is 44.1 Å².